The molecule has 1 atom stereocenters. The van der Waals surface area contributed by atoms with Crippen LogP contribution in [0.4, 0.5) is 0 Å². The number of hydrogen-bond acceptors (Lipinski definition) is 5. The molecule has 1 aliphatic rings. The quantitative estimate of drug-likeness (QED) is 0.624. The number of carbonyl (C=O) groups is 2. The standard InChI is InChI=1S/C11H21N3O3/c1-8(11(16)17-2)13-10(15)7-14-5-3-9(12)4-6-14/h8-9H,3-7,12H2,1-2H3,(H,13,15). The third kappa shape index (κ3) is 4.70. The summed E-state index contributed by atoms with van der Waals surface area (Å²) >= 11 is 0. The van der Waals surface area contributed by atoms with E-state index in [1.807, 2.05) is 4.90 Å². The first-order chi connectivity index (χ1) is 8.02. The molecule has 1 saturated heterocycles. The molecule has 1 fully saturated rings. The maximum atomic E-state index is 11.6. The minimum Gasteiger partial charge on any atom is -0.467 e. The Morgan fingerprint density at radius 2 is 2.06 bits per heavy atom. The van der Waals surface area contributed by atoms with Gasteiger partial charge in [-0.05, 0) is 19.8 Å². The van der Waals surface area contributed by atoms with Crippen LogP contribution in [0.1, 0.15) is 19.8 Å². The van der Waals surface area contributed by atoms with Crippen LogP contribution in [-0.2, 0) is 14.3 Å². The van der Waals surface area contributed by atoms with Crippen molar-refractivity contribution < 1.29 is 14.3 Å². The van der Waals surface area contributed by atoms with Gasteiger partial charge in [0, 0.05) is 19.1 Å². The SMILES string of the molecule is COC(=O)C(C)NC(=O)CN1CCC(N)CC1. The molecule has 6 nitrogen and oxygen atoms in total. The van der Waals surface area contributed by atoms with Crippen LogP contribution in [0.15, 0.2) is 0 Å². The van der Waals surface area contributed by atoms with Gasteiger partial charge in [0.15, 0.2) is 0 Å². The molecule has 1 aliphatic heterocycles. The Hall–Kier alpha value is -1.14. The Balaban J connectivity index is 2.27. The second-order valence-electron chi connectivity index (χ2n) is 4.43. The summed E-state index contributed by atoms with van der Waals surface area (Å²) in [4.78, 5) is 24.8. The van der Waals surface area contributed by atoms with Crippen LogP contribution in [-0.4, -0.2) is 55.6 Å². The second kappa shape index (κ2) is 6.56. The van der Waals surface area contributed by atoms with E-state index in [1.165, 1.54) is 7.11 Å². The number of likely N-dealkylation sites (tertiary alicyclic amines) is 1. The molecule has 0 aliphatic carbocycles. The number of carbonyl (C=O) groups excluding carboxylic acids is 2. The fraction of sp³-hybridized carbons (Fsp3) is 0.818. The molecule has 0 spiro atoms. The van der Waals surface area contributed by atoms with Gasteiger partial charge in [-0.2, -0.15) is 0 Å². The Morgan fingerprint density at radius 3 is 2.59 bits per heavy atom. The number of methoxy groups -OCH3 is 1. The number of nitrogens with zero attached hydrogens (tertiary/aromatic N) is 1. The van der Waals surface area contributed by atoms with Crippen molar-refractivity contribution in [3.05, 3.63) is 0 Å². The Labute approximate surface area is 101 Å². The zero-order valence-corrected chi connectivity index (χ0v) is 10.4. The number of nitrogens with one attached hydrogen (secondary N) is 1. The van der Waals surface area contributed by atoms with Gasteiger partial charge < -0.3 is 15.8 Å². The van der Waals surface area contributed by atoms with E-state index in [0.29, 0.717) is 6.54 Å². The van der Waals surface area contributed by atoms with E-state index in [0.717, 1.165) is 25.9 Å². The maximum absolute atomic E-state index is 11.6. The van der Waals surface area contributed by atoms with Gasteiger partial charge in [-0.1, -0.05) is 0 Å². The molecular weight excluding hydrogens is 222 g/mol. The smallest absolute Gasteiger partial charge is 0.328 e. The lowest BCUT2D eigenvalue weighted by atomic mass is 10.1. The van der Waals surface area contributed by atoms with Gasteiger partial charge in [-0.3, -0.25) is 9.69 Å². The first kappa shape index (κ1) is 13.9. The predicted octanol–water partition coefficient (Wildman–Crippen LogP) is -0.913. The summed E-state index contributed by atoms with van der Waals surface area (Å²) in [5.41, 5.74) is 5.78. The van der Waals surface area contributed by atoms with E-state index in [1.54, 1.807) is 6.92 Å². The molecule has 0 aromatic rings. The zero-order valence-electron chi connectivity index (χ0n) is 10.4. The zero-order chi connectivity index (χ0) is 12.8. The minimum absolute atomic E-state index is 0.154. The van der Waals surface area contributed by atoms with Crippen LogP contribution in [0, 0.1) is 0 Å². The van der Waals surface area contributed by atoms with Crippen molar-refractivity contribution >= 4 is 11.9 Å². The monoisotopic (exact) mass is 243 g/mol. The predicted molar refractivity (Wildman–Crippen MR) is 63.3 cm³/mol. The number of amides is 1. The number of esters is 1. The summed E-state index contributed by atoms with van der Waals surface area (Å²) in [6.07, 6.45) is 1.83. The van der Waals surface area contributed by atoms with Crippen molar-refractivity contribution in [1.82, 2.24) is 10.2 Å². The van der Waals surface area contributed by atoms with Gasteiger partial charge >= 0.3 is 5.97 Å². The van der Waals surface area contributed by atoms with Crippen LogP contribution < -0.4 is 11.1 Å². The van der Waals surface area contributed by atoms with E-state index in [9.17, 15) is 9.59 Å². The minimum atomic E-state index is -0.598. The van der Waals surface area contributed by atoms with Crippen molar-refractivity contribution in [2.45, 2.75) is 31.8 Å². The highest BCUT2D eigenvalue weighted by molar-refractivity contribution is 5.85. The molecule has 98 valence electrons. The topological polar surface area (TPSA) is 84.7 Å². The van der Waals surface area contributed by atoms with Gasteiger partial charge in [-0.25, -0.2) is 4.79 Å². The summed E-state index contributed by atoms with van der Waals surface area (Å²) < 4.78 is 4.53. The summed E-state index contributed by atoms with van der Waals surface area (Å²) in [6, 6.07) is -0.345. The fourth-order valence-corrected chi connectivity index (χ4v) is 1.84. The van der Waals surface area contributed by atoms with Crippen molar-refractivity contribution in [2.24, 2.45) is 5.73 Å². The molecule has 0 radical (unpaired) electrons. The first-order valence-electron chi connectivity index (χ1n) is 5.88. The highest BCUT2D eigenvalue weighted by atomic mass is 16.5. The number of rotatable bonds is 4. The molecule has 0 aromatic heterocycles. The molecule has 3 N–H and O–H groups in total. The number of nitrogens with two attached hydrogens (primary N) is 1. The summed E-state index contributed by atoms with van der Waals surface area (Å²) in [7, 11) is 1.30. The summed E-state index contributed by atoms with van der Waals surface area (Å²) in [5, 5.41) is 2.60. The number of piperidine rings is 1. The van der Waals surface area contributed by atoms with Crippen molar-refractivity contribution in [3.8, 4) is 0 Å². The highest BCUT2D eigenvalue weighted by Crippen LogP contribution is 2.07. The van der Waals surface area contributed by atoms with Crippen LogP contribution in [0.5, 0.6) is 0 Å². The Morgan fingerprint density at radius 1 is 1.47 bits per heavy atom. The van der Waals surface area contributed by atoms with E-state index in [-0.39, 0.29) is 11.9 Å². The van der Waals surface area contributed by atoms with Crippen LogP contribution >= 0.6 is 0 Å². The number of ether oxygens (including phenoxy) is 1. The molecule has 0 bridgehead atoms. The average Bonchev–Trinajstić information content (AvgIpc) is 2.30. The van der Waals surface area contributed by atoms with Gasteiger partial charge in [-0.15, -0.1) is 0 Å². The normalized spacial score (nSPS) is 19.7. The van der Waals surface area contributed by atoms with Crippen LogP contribution in [0.3, 0.4) is 0 Å². The first-order valence-corrected chi connectivity index (χ1v) is 5.88. The second-order valence-corrected chi connectivity index (χ2v) is 4.43. The molecule has 1 amide bonds. The molecule has 1 unspecified atom stereocenters. The molecule has 0 aromatic carbocycles. The molecule has 0 saturated carbocycles. The van der Waals surface area contributed by atoms with Gasteiger partial charge in [0.1, 0.15) is 6.04 Å². The molecular formula is C11H21N3O3. The maximum Gasteiger partial charge on any atom is 0.328 e. The molecule has 6 heteroatoms. The van der Waals surface area contributed by atoms with E-state index >= 15 is 0 Å². The Kier molecular flexibility index (Phi) is 5.37. The van der Waals surface area contributed by atoms with E-state index < -0.39 is 12.0 Å². The Bertz CT molecular complexity index is 275. The lowest BCUT2D eigenvalue weighted by Gasteiger charge is -2.29. The molecule has 1 rings (SSSR count). The van der Waals surface area contributed by atoms with Crippen LogP contribution in [0.2, 0.25) is 0 Å². The van der Waals surface area contributed by atoms with Crippen LogP contribution in [0.25, 0.3) is 0 Å². The van der Waals surface area contributed by atoms with Crippen molar-refractivity contribution in [3.63, 3.8) is 0 Å². The highest BCUT2D eigenvalue weighted by Gasteiger charge is 2.20. The molecule has 17 heavy (non-hydrogen) atoms. The summed E-state index contributed by atoms with van der Waals surface area (Å²) in [5.74, 6) is -0.586. The van der Waals surface area contributed by atoms with Gasteiger partial charge in [0.25, 0.3) is 0 Å². The summed E-state index contributed by atoms with van der Waals surface area (Å²) in [6.45, 7) is 3.59. The van der Waals surface area contributed by atoms with Crippen molar-refractivity contribution in [2.75, 3.05) is 26.7 Å². The third-order valence-corrected chi connectivity index (χ3v) is 2.93. The fourth-order valence-electron chi connectivity index (χ4n) is 1.84. The van der Waals surface area contributed by atoms with Gasteiger partial charge in [0.05, 0.1) is 13.7 Å². The van der Waals surface area contributed by atoms with E-state index in [2.05, 4.69) is 10.1 Å². The molecule has 1 heterocycles. The third-order valence-electron chi connectivity index (χ3n) is 2.93. The van der Waals surface area contributed by atoms with Gasteiger partial charge in [0.2, 0.25) is 5.91 Å². The van der Waals surface area contributed by atoms with E-state index in [4.69, 9.17) is 5.73 Å². The lowest BCUT2D eigenvalue weighted by molar-refractivity contribution is -0.144. The van der Waals surface area contributed by atoms with Crippen molar-refractivity contribution in [1.29, 1.82) is 0 Å². The lowest BCUT2D eigenvalue weighted by Crippen LogP contribution is -2.47. The average molecular weight is 243 g/mol. The number of hydrogen-bond donors (Lipinski definition) is 2. The largest absolute Gasteiger partial charge is 0.467 e.